The van der Waals surface area contributed by atoms with Crippen LogP contribution in [0.4, 0.5) is 5.69 Å². The molecule has 2 rings (SSSR count). The molecule has 0 spiro atoms. The minimum atomic E-state index is 0.727. The Morgan fingerprint density at radius 2 is 2.27 bits per heavy atom. The van der Waals surface area contributed by atoms with Crippen molar-refractivity contribution in [1.82, 2.24) is 4.98 Å². The third-order valence-electron chi connectivity index (χ3n) is 2.82. The zero-order valence-corrected chi connectivity index (χ0v) is 9.33. The molecule has 0 saturated heterocycles. The van der Waals surface area contributed by atoms with Gasteiger partial charge in [-0.3, -0.25) is 9.98 Å². The SMILES string of the molecule is CNc1ccc(C2=NCC(C)CC2)nc1. The number of rotatable bonds is 2. The monoisotopic (exact) mass is 203 g/mol. The molecule has 1 atom stereocenters. The molecule has 1 aromatic heterocycles. The number of nitrogens with zero attached hydrogens (tertiary/aromatic N) is 2. The van der Waals surface area contributed by atoms with Crippen LogP contribution in [-0.4, -0.2) is 24.3 Å². The smallest absolute Gasteiger partial charge is 0.0841 e. The summed E-state index contributed by atoms with van der Waals surface area (Å²) in [5.41, 5.74) is 3.24. The lowest BCUT2D eigenvalue weighted by molar-refractivity contribution is 0.538. The number of hydrogen-bond acceptors (Lipinski definition) is 3. The Bertz CT molecular complexity index is 354. The van der Waals surface area contributed by atoms with Gasteiger partial charge in [0.05, 0.1) is 23.3 Å². The Kier molecular flexibility index (Phi) is 2.99. The quantitative estimate of drug-likeness (QED) is 0.801. The van der Waals surface area contributed by atoms with E-state index in [0.717, 1.165) is 36.0 Å². The molecule has 0 radical (unpaired) electrons. The first-order chi connectivity index (χ1) is 7.29. The molecule has 1 N–H and O–H groups in total. The molecule has 3 nitrogen and oxygen atoms in total. The van der Waals surface area contributed by atoms with Gasteiger partial charge in [0.2, 0.25) is 0 Å². The first-order valence-electron chi connectivity index (χ1n) is 5.47. The van der Waals surface area contributed by atoms with Crippen molar-refractivity contribution in [2.24, 2.45) is 10.9 Å². The molecule has 0 aliphatic carbocycles. The Morgan fingerprint density at radius 3 is 2.80 bits per heavy atom. The second-order valence-electron chi connectivity index (χ2n) is 4.11. The lowest BCUT2D eigenvalue weighted by atomic mass is 9.98. The van der Waals surface area contributed by atoms with Crippen LogP contribution in [0.15, 0.2) is 23.3 Å². The highest BCUT2D eigenvalue weighted by Crippen LogP contribution is 2.17. The third kappa shape index (κ3) is 2.35. The predicted octanol–water partition coefficient (Wildman–Crippen LogP) is 2.34. The van der Waals surface area contributed by atoms with Gasteiger partial charge in [-0.05, 0) is 30.9 Å². The van der Waals surface area contributed by atoms with E-state index in [1.54, 1.807) is 0 Å². The summed E-state index contributed by atoms with van der Waals surface area (Å²) in [5.74, 6) is 0.727. The zero-order chi connectivity index (χ0) is 10.7. The van der Waals surface area contributed by atoms with E-state index in [1.165, 1.54) is 6.42 Å². The number of pyridine rings is 1. The normalized spacial score (nSPS) is 20.9. The van der Waals surface area contributed by atoms with Crippen LogP contribution in [0, 0.1) is 5.92 Å². The number of nitrogens with one attached hydrogen (secondary N) is 1. The highest BCUT2D eigenvalue weighted by molar-refractivity contribution is 5.99. The number of aromatic nitrogens is 1. The lowest BCUT2D eigenvalue weighted by Crippen LogP contribution is -2.15. The van der Waals surface area contributed by atoms with Gasteiger partial charge >= 0.3 is 0 Å². The van der Waals surface area contributed by atoms with Crippen molar-refractivity contribution in [2.45, 2.75) is 19.8 Å². The van der Waals surface area contributed by atoms with Crippen LogP contribution in [0.3, 0.4) is 0 Å². The molecule has 1 aliphatic heterocycles. The van der Waals surface area contributed by atoms with Crippen LogP contribution in [0.1, 0.15) is 25.5 Å². The Labute approximate surface area is 90.6 Å². The molecule has 1 aliphatic rings. The third-order valence-corrected chi connectivity index (χ3v) is 2.82. The van der Waals surface area contributed by atoms with E-state index in [2.05, 4.69) is 22.2 Å². The minimum absolute atomic E-state index is 0.727. The fraction of sp³-hybridized carbons (Fsp3) is 0.500. The van der Waals surface area contributed by atoms with Crippen molar-refractivity contribution in [3.63, 3.8) is 0 Å². The molecule has 15 heavy (non-hydrogen) atoms. The highest BCUT2D eigenvalue weighted by atomic mass is 14.9. The van der Waals surface area contributed by atoms with E-state index in [4.69, 9.17) is 0 Å². The summed E-state index contributed by atoms with van der Waals surface area (Å²) < 4.78 is 0. The molecule has 2 heterocycles. The number of hydrogen-bond donors (Lipinski definition) is 1. The molecule has 0 saturated carbocycles. The summed E-state index contributed by atoms with van der Waals surface area (Å²) in [6, 6.07) is 4.09. The van der Waals surface area contributed by atoms with Crippen LogP contribution in [0.2, 0.25) is 0 Å². The van der Waals surface area contributed by atoms with Crippen LogP contribution in [0.25, 0.3) is 0 Å². The average Bonchev–Trinajstić information content (AvgIpc) is 2.30. The highest BCUT2D eigenvalue weighted by Gasteiger charge is 2.13. The molecular formula is C12H17N3. The van der Waals surface area contributed by atoms with E-state index < -0.39 is 0 Å². The van der Waals surface area contributed by atoms with Gasteiger partial charge < -0.3 is 5.32 Å². The number of anilines is 1. The van der Waals surface area contributed by atoms with Gasteiger partial charge in [-0.1, -0.05) is 6.92 Å². The molecular weight excluding hydrogens is 186 g/mol. The maximum Gasteiger partial charge on any atom is 0.0841 e. The van der Waals surface area contributed by atoms with E-state index in [1.807, 2.05) is 25.4 Å². The molecule has 80 valence electrons. The molecule has 0 bridgehead atoms. The summed E-state index contributed by atoms with van der Waals surface area (Å²) in [5, 5.41) is 3.06. The van der Waals surface area contributed by atoms with E-state index >= 15 is 0 Å². The van der Waals surface area contributed by atoms with Crippen LogP contribution in [-0.2, 0) is 0 Å². The van der Waals surface area contributed by atoms with Gasteiger partial charge in [-0.15, -0.1) is 0 Å². The van der Waals surface area contributed by atoms with Crippen molar-refractivity contribution in [3.8, 4) is 0 Å². The Morgan fingerprint density at radius 1 is 1.40 bits per heavy atom. The van der Waals surface area contributed by atoms with Crippen molar-refractivity contribution >= 4 is 11.4 Å². The topological polar surface area (TPSA) is 37.3 Å². The van der Waals surface area contributed by atoms with Gasteiger partial charge in [0.15, 0.2) is 0 Å². The predicted molar refractivity (Wildman–Crippen MR) is 63.6 cm³/mol. The van der Waals surface area contributed by atoms with E-state index in [9.17, 15) is 0 Å². The fourth-order valence-corrected chi connectivity index (χ4v) is 1.74. The molecule has 0 fully saturated rings. The summed E-state index contributed by atoms with van der Waals surface area (Å²) in [6.07, 6.45) is 4.15. The molecule has 3 heteroatoms. The van der Waals surface area contributed by atoms with Gasteiger partial charge in [-0.25, -0.2) is 0 Å². The van der Waals surface area contributed by atoms with Crippen LogP contribution in [0.5, 0.6) is 0 Å². The minimum Gasteiger partial charge on any atom is -0.387 e. The first kappa shape index (κ1) is 10.1. The summed E-state index contributed by atoms with van der Waals surface area (Å²) in [7, 11) is 1.90. The second-order valence-corrected chi connectivity index (χ2v) is 4.11. The molecule has 0 aromatic carbocycles. The van der Waals surface area contributed by atoms with Gasteiger partial charge in [0.25, 0.3) is 0 Å². The van der Waals surface area contributed by atoms with Crippen LogP contribution >= 0.6 is 0 Å². The zero-order valence-electron chi connectivity index (χ0n) is 9.33. The van der Waals surface area contributed by atoms with Gasteiger partial charge in [0.1, 0.15) is 0 Å². The Hall–Kier alpha value is -1.38. The van der Waals surface area contributed by atoms with Crippen molar-refractivity contribution < 1.29 is 0 Å². The lowest BCUT2D eigenvalue weighted by Gasteiger charge is -2.16. The second kappa shape index (κ2) is 4.43. The van der Waals surface area contributed by atoms with Crippen molar-refractivity contribution in [3.05, 3.63) is 24.0 Å². The largest absolute Gasteiger partial charge is 0.387 e. The van der Waals surface area contributed by atoms with Crippen LogP contribution < -0.4 is 5.32 Å². The van der Waals surface area contributed by atoms with E-state index in [0.29, 0.717) is 0 Å². The van der Waals surface area contributed by atoms with E-state index in [-0.39, 0.29) is 0 Å². The molecule has 1 unspecified atom stereocenters. The molecule has 1 aromatic rings. The molecule has 0 amide bonds. The summed E-state index contributed by atoms with van der Waals surface area (Å²) in [4.78, 5) is 8.97. The van der Waals surface area contributed by atoms with Gasteiger partial charge in [-0.2, -0.15) is 0 Å². The Balaban J connectivity index is 2.16. The average molecular weight is 203 g/mol. The summed E-state index contributed by atoms with van der Waals surface area (Å²) in [6.45, 7) is 3.20. The maximum absolute atomic E-state index is 4.57. The maximum atomic E-state index is 4.57. The first-order valence-corrected chi connectivity index (χ1v) is 5.47. The standard InChI is InChI=1S/C12H17N3/c1-9-3-5-11(14-7-9)12-6-4-10(13-2)8-15-12/h4,6,8-9,13H,3,5,7H2,1-2H3. The summed E-state index contributed by atoms with van der Waals surface area (Å²) >= 11 is 0. The fourth-order valence-electron chi connectivity index (χ4n) is 1.74. The number of aliphatic imine (C=N–C) groups is 1. The van der Waals surface area contributed by atoms with Gasteiger partial charge in [0, 0.05) is 13.6 Å². The van der Waals surface area contributed by atoms with Crippen molar-refractivity contribution in [2.75, 3.05) is 18.9 Å². The van der Waals surface area contributed by atoms with Crippen molar-refractivity contribution in [1.29, 1.82) is 0 Å².